The molecule has 1 rings (SSSR count). The van der Waals surface area contributed by atoms with Gasteiger partial charge in [-0.15, -0.1) is 0 Å². The summed E-state index contributed by atoms with van der Waals surface area (Å²) >= 11 is 0. The van der Waals surface area contributed by atoms with Crippen molar-refractivity contribution in [2.75, 3.05) is 32.9 Å². The molecule has 1 amide bonds. The Labute approximate surface area is 133 Å². The number of nitrogens with zero attached hydrogens (tertiary/aromatic N) is 1. The summed E-state index contributed by atoms with van der Waals surface area (Å²) in [6, 6.07) is 0. The Kier molecular flexibility index (Phi) is 9.08. The second kappa shape index (κ2) is 10.6. The molecule has 6 heteroatoms. The molecule has 1 aliphatic heterocycles. The Morgan fingerprint density at radius 2 is 2.09 bits per heavy atom. The molecule has 22 heavy (non-hydrogen) atoms. The molecular formula is C16H29NO5. The molecule has 0 aromatic carbocycles. The van der Waals surface area contributed by atoms with Gasteiger partial charge in [0.1, 0.15) is 6.10 Å². The number of carbonyl (C=O) groups excluding carboxylic acids is 2. The van der Waals surface area contributed by atoms with E-state index in [0.29, 0.717) is 32.9 Å². The molecule has 128 valence electrons. The zero-order chi connectivity index (χ0) is 16.4. The highest BCUT2D eigenvalue weighted by Crippen LogP contribution is 2.15. The van der Waals surface area contributed by atoms with Crippen molar-refractivity contribution >= 4 is 11.9 Å². The van der Waals surface area contributed by atoms with E-state index in [-0.39, 0.29) is 30.5 Å². The molecule has 0 saturated carbocycles. The predicted octanol–water partition coefficient (Wildman–Crippen LogP) is 1.76. The van der Waals surface area contributed by atoms with E-state index in [4.69, 9.17) is 14.2 Å². The molecule has 0 N–H and O–H groups in total. The van der Waals surface area contributed by atoms with Crippen molar-refractivity contribution in [3.63, 3.8) is 0 Å². The Hall–Kier alpha value is -1.14. The largest absolute Gasteiger partial charge is 0.466 e. The van der Waals surface area contributed by atoms with Crippen LogP contribution in [-0.2, 0) is 23.8 Å². The van der Waals surface area contributed by atoms with Crippen LogP contribution in [0, 0.1) is 0 Å². The van der Waals surface area contributed by atoms with Crippen LogP contribution >= 0.6 is 0 Å². The van der Waals surface area contributed by atoms with Crippen molar-refractivity contribution in [3.8, 4) is 0 Å². The van der Waals surface area contributed by atoms with E-state index >= 15 is 0 Å². The fourth-order valence-corrected chi connectivity index (χ4v) is 2.34. The molecule has 1 atom stereocenters. The summed E-state index contributed by atoms with van der Waals surface area (Å²) in [5, 5.41) is 0. The zero-order valence-electron chi connectivity index (χ0n) is 14.0. The van der Waals surface area contributed by atoms with Gasteiger partial charge in [0.2, 0.25) is 0 Å². The van der Waals surface area contributed by atoms with E-state index in [1.807, 2.05) is 13.8 Å². The molecule has 0 spiro atoms. The molecule has 6 nitrogen and oxygen atoms in total. The van der Waals surface area contributed by atoms with Crippen LogP contribution in [0.15, 0.2) is 0 Å². The van der Waals surface area contributed by atoms with E-state index in [2.05, 4.69) is 0 Å². The summed E-state index contributed by atoms with van der Waals surface area (Å²) in [4.78, 5) is 25.7. The zero-order valence-corrected chi connectivity index (χ0v) is 14.0. The normalized spacial score (nSPS) is 17.7. The molecule has 1 aliphatic rings. The van der Waals surface area contributed by atoms with Gasteiger partial charge in [-0.1, -0.05) is 0 Å². The second-order valence-electron chi connectivity index (χ2n) is 5.66. The topological polar surface area (TPSA) is 65.1 Å². The average Bonchev–Trinajstić information content (AvgIpc) is 3.00. The number of amides is 1. The van der Waals surface area contributed by atoms with E-state index in [1.165, 1.54) is 0 Å². The number of hydrogen-bond acceptors (Lipinski definition) is 5. The average molecular weight is 315 g/mol. The molecule has 0 bridgehead atoms. The lowest BCUT2D eigenvalue weighted by atomic mass is 10.2. The predicted molar refractivity (Wildman–Crippen MR) is 82.5 cm³/mol. The first-order valence-electron chi connectivity index (χ1n) is 8.22. The molecule has 1 heterocycles. The Balaban J connectivity index is 2.44. The lowest BCUT2D eigenvalue weighted by Crippen LogP contribution is -2.41. The van der Waals surface area contributed by atoms with Crippen molar-refractivity contribution in [1.29, 1.82) is 0 Å². The van der Waals surface area contributed by atoms with Gasteiger partial charge in [-0.3, -0.25) is 9.59 Å². The maximum atomic E-state index is 12.5. The van der Waals surface area contributed by atoms with Crippen LogP contribution < -0.4 is 0 Å². The van der Waals surface area contributed by atoms with Gasteiger partial charge in [0.05, 0.1) is 19.1 Å². The van der Waals surface area contributed by atoms with Gasteiger partial charge in [-0.25, -0.2) is 0 Å². The monoisotopic (exact) mass is 315 g/mol. The third kappa shape index (κ3) is 7.22. The summed E-state index contributed by atoms with van der Waals surface area (Å²) in [7, 11) is 0. The molecule has 0 aromatic rings. The van der Waals surface area contributed by atoms with Gasteiger partial charge < -0.3 is 19.1 Å². The van der Waals surface area contributed by atoms with Crippen LogP contribution in [0.5, 0.6) is 0 Å². The van der Waals surface area contributed by atoms with E-state index in [9.17, 15) is 9.59 Å². The summed E-state index contributed by atoms with van der Waals surface area (Å²) in [5.74, 6) is -0.294. The van der Waals surface area contributed by atoms with Crippen molar-refractivity contribution in [2.45, 2.75) is 58.7 Å². The SMILES string of the molecule is CCOC(=O)CCN(CCCOC(C)C)C(=O)C1CCCO1. The molecular weight excluding hydrogens is 286 g/mol. The summed E-state index contributed by atoms with van der Waals surface area (Å²) in [5.41, 5.74) is 0. The van der Waals surface area contributed by atoms with E-state index in [1.54, 1.807) is 11.8 Å². The highest BCUT2D eigenvalue weighted by Gasteiger charge is 2.28. The summed E-state index contributed by atoms with van der Waals surface area (Å²) in [6.07, 6.45) is 2.47. The molecule has 0 aromatic heterocycles. The molecule has 1 unspecified atom stereocenters. The van der Waals surface area contributed by atoms with Gasteiger partial charge in [-0.2, -0.15) is 0 Å². The van der Waals surface area contributed by atoms with Crippen molar-refractivity contribution in [1.82, 2.24) is 4.90 Å². The van der Waals surface area contributed by atoms with E-state index < -0.39 is 0 Å². The molecule has 1 saturated heterocycles. The first-order chi connectivity index (χ1) is 10.5. The summed E-state index contributed by atoms with van der Waals surface area (Å²) < 4.78 is 15.9. The quantitative estimate of drug-likeness (QED) is 0.454. The smallest absolute Gasteiger partial charge is 0.307 e. The van der Waals surface area contributed by atoms with Crippen LogP contribution in [0.1, 0.15) is 46.5 Å². The van der Waals surface area contributed by atoms with Crippen molar-refractivity contribution in [2.24, 2.45) is 0 Å². The Bertz CT molecular complexity index is 339. The van der Waals surface area contributed by atoms with Crippen LogP contribution in [-0.4, -0.2) is 61.9 Å². The van der Waals surface area contributed by atoms with Crippen LogP contribution in [0.4, 0.5) is 0 Å². The molecule has 0 radical (unpaired) electrons. The number of ether oxygens (including phenoxy) is 3. The molecule has 0 aliphatic carbocycles. The fraction of sp³-hybridized carbons (Fsp3) is 0.875. The third-order valence-corrected chi connectivity index (χ3v) is 3.43. The first kappa shape index (κ1) is 18.9. The minimum Gasteiger partial charge on any atom is -0.466 e. The van der Waals surface area contributed by atoms with Gasteiger partial charge >= 0.3 is 5.97 Å². The van der Waals surface area contributed by atoms with Crippen LogP contribution in [0.2, 0.25) is 0 Å². The van der Waals surface area contributed by atoms with E-state index in [0.717, 1.165) is 19.3 Å². The van der Waals surface area contributed by atoms with Gasteiger partial charge in [0.15, 0.2) is 0 Å². The van der Waals surface area contributed by atoms with Crippen LogP contribution in [0.3, 0.4) is 0 Å². The maximum Gasteiger partial charge on any atom is 0.307 e. The highest BCUT2D eigenvalue weighted by molar-refractivity contribution is 5.81. The standard InChI is InChI=1S/C16H29NO5/c1-4-20-15(18)8-10-17(9-6-12-21-13(2)3)16(19)14-7-5-11-22-14/h13-14H,4-12H2,1-3H3. The fourth-order valence-electron chi connectivity index (χ4n) is 2.34. The minimum atomic E-state index is -0.354. The lowest BCUT2D eigenvalue weighted by Gasteiger charge is -2.25. The number of carbonyl (C=O) groups is 2. The summed E-state index contributed by atoms with van der Waals surface area (Å²) in [6.45, 7) is 8.29. The molecule has 1 fully saturated rings. The van der Waals surface area contributed by atoms with Crippen LogP contribution in [0.25, 0.3) is 0 Å². The van der Waals surface area contributed by atoms with Gasteiger partial charge in [0.25, 0.3) is 5.91 Å². The Morgan fingerprint density at radius 1 is 1.32 bits per heavy atom. The number of hydrogen-bond donors (Lipinski definition) is 0. The first-order valence-corrected chi connectivity index (χ1v) is 8.22. The number of rotatable bonds is 10. The third-order valence-electron chi connectivity index (χ3n) is 3.43. The Morgan fingerprint density at radius 3 is 2.68 bits per heavy atom. The second-order valence-corrected chi connectivity index (χ2v) is 5.66. The lowest BCUT2D eigenvalue weighted by molar-refractivity contribution is -0.146. The minimum absolute atomic E-state index is 0.0219. The highest BCUT2D eigenvalue weighted by atomic mass is 16.5. The van der Waals surface area contributed by atoms with Gasteiger partial charge in [0, 0.05) is 26.3 Å². The maximum absolute atomic E-state index is 12.5. The van der Waals surface area contributed by atoms with Gasteiger partial charge in [-0.05, 0) is 40.0 Å². The van der Waals surface area contributed by atoms with Crippen molar-refractivity contribution < 1.29 is 23.8 Å². The number of esters is 1. The van der Waals surface area contributed by atoms with Crippen molar-refractivity contribution in [3.05, 3.63) is 0 Å².